The van der Waals surface area contributed by atoms with E-state index in [1.165, 1.54) is 73.6 Å². The lowest BCUT2D eigenvalue weighted by Crippen LogP contribution is -2.26. The zero-order valence-corrected chi connectivity index (χ0v) is 20.7. The van der Waals surface area contributed by atoms with Gasteiger partial charge in [-0.05, 0) is 66.7 Å². The number of nitrogens with zero attached hydrogens (tertiary/aromatic N) is 1. The molecule has 0 spiro atoms. The number of unbranched alkanes of at least 4 members (excludes halogenated alkanes) is 7. The van der Waals surface area contributed by atoms with Gasteiger partial charge in [-0.2, -0.15) is 5.26 Å². The molecule has 1 N–H and O–H groups in total. The van der Waals surface area contributed by atoms with Gasteiger partial charge in [0.1, 0.15) is 0 Å². The average molecular weight is 446 g/mol. The Kier molecular flexibility index (Phi) is 10.5. The summed E-state index contributed by atoms with van der Waals surface area (Å²) in [5.74, 6) is 0.515. The summed E-state index contributed by atoms with van der Waals surface area (Å²) in [5.41, 5.74) is 5.22. The maximum atomic E-state index is 10.1. The molecule has 0 aliphatic heterocycles. The molecule has 0 bridgehead atoms. The van der Waals surface area contributed by atoms with E-state index in [4.69, 9.17) is 5.11 Å². The van der Waals surface area contributed by atoms with Crippen molar-refractivity contribution in [1.29, 1.82) is 5.26 Å². The predicted molar refractivity (Wildman–Crippen MR) is 139 cm³/mol. The molecule has 2 nitrogen and oxygen atoms in total. The van der Waals surface area contributed by atoms with Crippen molar-refractivity contribution < 1.29 is 5.11 Å². The molecule has 1 saturated carbocycles. The smallest absolute Gasteiger partial charge is 0.0689 e. The number of aryl methyl sites for hydroxylation is 1. The van der Waals surface area contributed by atoms with Gasteiger partial charge in [0, 0.05) is 6.61 Å². The van der Waals surface area contributed by atoms with Crippen LogP contribution in [0.4, 0.5) is 0 Å². The normalized spacial score (nSPS) is 20.5. The van der Waals surface area contributed by atoms with Gasteiger partial charge in [0.2, 0.25) is 0 Å². The number of aliphatic hydroxyl groups is 1. The molecule has 2 aromatic carbocycles. The average Bonchev–Trinajstić information content (AvgIpc) is 2.88. The van der Waals surface area contributed by atoms with E-state index >= 15 is 0 Å². The molecule has 3 rings (SSSR count). The van der Waals surface area contributed by atoms with Crippen LogP contribution >= 0.6 is 0 Å². The number of aliphatic hydroxyl groups excluding tert-OH is 1. The Morgan fingerprint density at radius 3 is 2.00 bits per heavy atom. The largest absolute Gasteiger partial charge is 0.396 e. The molecule has 0 radical (unpaired) electrons. The van der Waals surface area contributed by atoms with Crippen LogP contribution in [0.2, 0.25) is 0 Å². The molecule has 1 aliphatic carbocycles. The van der Waals surface area contributed by atoms with E-state index in [1.54, 1.807) is 0 Å². The standard InChI is InChI=1S/C31H43NO/c1-2-26-13-15-27(16-14-26)28-17-19-29(20-18-28)30-12-11-22-31(24-30,25-32)21-9-7-5-3-4-6-8-10-23-33/h13-20,30,33H,2-12,21-24H2,1H3. The maximum Gasteiger partial charge on any atom is 0.0689 e. The second-order valence-corrected chi connectivity index (χ2v) is 10.2. The first-order valence-electron chi connectivity index (χ1n) is 13.4. The summed E-state index contributed by atoms with van der Waals surface area (Å²) in [7, 11) is 0. The van der Waals surface area contributed by atoms with E-state index in [0.717, 1.165) is 38.5 Å². The summed E-state index contributed by atoms with van der Waals surface area (Å²) in [5, 5.41) is 18.9. The van der Waals surface area contributed by atoms with Crippen LogP contribution in [-0.4, -0.2) is 11.7 Å². The minimum atomic E-state index is -0.126. The lowest BCUT2D eigenvalue weighted by Gasteiger charge is -2.36. The van der Waals surface area contributed by atoms with Crippen LogP contribution in [0.5, 0.6) is 0 Å². The van der Waals surface area contributed by atoms with Crippen molar-refractivity contribution in [2.24, 2.45) is 5.41 Å². The summed E-state index contributed by atoms with van der Waals surface area (Å²) in [6.45, 7) is 2.52. The molecule has 0 aromatic heterocycles. The minimum absolute atomic E-state index is 0.126. The fourth-order valence-corrected chi connectivity index (χ4v) is 5.55. The van der Waals surface area contributed by atoms with Crippen molar-refractivity contribution in [2.45, 2.75) is 103 Å². The zero-order valence-electron chi connectivity index (χ0n) is 20.7. The van der Waals surface area contributed by atoms with Crippen LogP contribution in [0, 0.1) is 16.7 Å². The zero-order chi connectivity index (χ0) is 23.4. The maximum absolute atomic E-state index is 10.1. The number of hydrogen-bond acceptors (Lipinski definition) is 2. The molecule has 0 heterocycles. The van der Waals surface area contributed by atoms with E-state index in [0.29, 0.717) is 12.5 Å². The molecule has 178 valence electrons. The highest BCUT2D eigenvalue weighted by Crippen LogP contribution is 2.46. The Morgan fingerprint density at radius 2 is 1.42 bits per heavy atom. The number of rotatable bonds is 13. The van der Waals surface area contributed by atoms with E-state index in [1.807, 2.05) is 0 Å². The molecule has 2 aromatic rings. The van der Waals surface area contributed by atoms with E-state index in [9.17, 15) is 5.26 Å². The number of benzene rings is 2. The van der Waals surface area contributed by atoms with Gasteiger partial charge in [-0.1, -0.05) is 107 Å². The summed E-state index contributed by atoms with van der Waals surface area (Å²) in [6, 6.07) is 20.8. The van der Waals surface area contributed by atoms with Crippen molar-refractivity contribution in [2.75, 3.05) is 6.61 Å². The fourth-order valence-electron chi connectivity index (χ4n) is 5.55. The first-order chi connectivity index (χ1) is 16.2. The molecule has 2 heteroatoms. The molecule has 33 heavy (non-hydrogen) atoms. The lowest BCUT2D eigenvalue weighted by atomic mass is 9.66. The van der Waals surface area contributed by atoms with Crippen molar-refractivity contribution in [3.05, 3.63) is 59.7 Å². The molecular weight excluding hydrogens is 402 g/mol. The first-order valence-corrected chi connectivity index (χ1v) is 13.4. The Hall–Kier alpha value is -2.11. The SMILES string of the molecule is CCc1ccc(-c2ccc(C3CCCC(C#N)(CCCCCCCCCCO)C3)cc2)cc1. The molecular formula is C31H43NO. The van der Waals surface area contributed by atoms with Gasteiger partial charge < -0.3 is 5.11 Å². The predicted octanol–water partition coefficient (Wildman–Crippen LogP) is 8.59. The van der Waals surface area contributed by atoms with Gasteiger partial charge in [-0.15, -0.1) is 0 Å². The van der Waals surface area contributed by atoms with E-state index in [2.05, 4.69) is 61.5 Å². The molecule has 1 aliphatic rings. The van der Waals surface area contributed by atoms with Crippen LogP contribution < -0.4 is 0 Å². The highest BCUT2D eigenvalue weighted by atomic mass is 16.2. The molecule has 0 saturated heterocycles. The van der Waals surface area contributed by atoms with Gasteiger partial charge >= 0.3 is 0 Å². The Morgan fingerprint density at radius 1 is 0.848 bits per heavy atom. The van der Waals surface area contributed by atoms with Crippen LogP contribution in [0.1, 0.15) is 107 Å². The topological polar surface area (TPSA) is 44.0 Å². The quantitative estimate of drug-likeness (QED) is 0.314. The summed E-state index contributed by atoms with van der Waals surface area (Å²) in [6.07, 6.45) is 16.2. The molecule has 0 amide bonds. The third kappa shape index (κ3) is 7.72. The van der Waals surface area contributed by atoms with Gasteiger partial charge in [-0.25, -0.2) is 0 Å². The van der Waals surface area contributed by atoms with Crippen molar-refractivity contribution in [3.8, 4) is 17.2 Å². The highest BCUT2D eigenvalue weighted by molar-refractivity contribution is 5.64. The van der Waals surface area contributed by atoms with Crippen molar-refractivity contribution in [1.82, 2.24) is 0 Å². The second kappa shape index (κ2) is 13.6. The van der Waals surface area contributed by atoms with E-state index < -0.39 is 0 Å². The minimum Gasteiger partial charge on any atom is -0.396 e. The third-order valence-corrected chi connectivity index (χ3v) is 7.72. The lowest BCUT2D eigenvalue weighted by molar-refractivity contribution is 0.218. The monoisotopic (exact) mass is 445 g/mol. The number of hydrogen-bond donors (Lipinski definition) is 1. The summed E-state index contributed by atoms with van der Waals surface area (Å²) < 4.78 is 0. The highest BCUT2D eigenvalue weighted by Gasteiger charge is 2.36. The number of nitriles is 1. The van der Waals surface area contributed by atoms with Gasteiger partial charge in [0.15, 0.2) is 0 Å². The third-order valence-electron chi connectivity index (χ3n) is 7.72. The summed E-state index contributed by atoms with van der Waals surface area (Å²) >= 11 is 0. The van der Waals surface area contributed by atoms with Crippen LogP contribution in [0.15, 0.2) is 48.5 Å². The van der Waals surface area contributed by atoms with Gasteiger partial charge in [0.05, 0.1) is 11.5 Å². The van der Waals surface area contributed by atoms with E-state index in [-0.39, 0.29) is 5.41 Å². The van der Waals surface area contributed by atoms with Gasteiger partial charge in [0.25, 0.3) is 0 Å². The van der Waals surface area contributed by atoms with Gasteiger partial charge in [-0.3, -0.25) is 0 Å². The summed E-state index contributed by atoms with van der Waals surface area (Å²) in [4.78, 5) is 0. The molecule has 1 fully saturated rings. The van der Waals surface area contributed by atoms with Crippen molar-refractivity contribution >= 4 is 0 Å². The first kappa shape index (κ1) is 25.5. The van der Waals surface area contributed by atoms with Crippen LogP contribution in [-0.2, 0) is 6.42 Å². The van der Waals surface area contributed by atoms with Crippen molar-refractivity contribution in [3.63, 3.8) is 0 Å². The molecule has 2 atom stereocenters. The fraction of sp³-hybridized carbons (Fsp3) is 0.581. The Bertz CT molecular complexity index is 848. The Labute approximate surface area is 202 Å². The van der Waals surface area contributed by atoms with Crippen LogP contribution in [0.3, 0.4) is 0 Å². The molecule has 2 unspecified atom stereocenters. The Balaban J connectivity index is 1.49. The second-order valence-electron chi connectivity index (χ2n) is 10.2. The van der Waals surface area contributed by atoms with Crippen LogP contribution in [0.25, 0.3) is 11.1 Å².